The molecule has 0 N–H and O–H groups in total. The molecule has 1 rings (SSSR count). The van der Waals surface area contributed by atoms with Crippen LogP contribution < -0.4 is 0 Å². The van der Waals surface area contributed by atoms with Crippen LogP contribution in [0.3, 0.4) is 0 Å². The summed E-state index contributed by atoms with van der Waals surface area (Å²) in [5.41, 5.74) is 1.41. The van der Waals surface area contributed by atoms with Crippen molar-refractivity contribution >= 4 is 0 Å². The molecule has 2 atom stereocenters. The Hall–Kier alpha value is -0.300. The van der Waals surface area contributed by atoms with E-state index in [1.807, 2.05) is 0 Å². The number of hydrogen-bond donors (Lipinski definition) is 0. The van der Waals surface area contributed by atoms with Gasteiger partial charge in [-0.1, -0.05) is 19.9 Å². The summed E-state index contributed by atoms with van der Waals surface area (Å²) >= 11 is 0. The zero-order valence-electron chi connectivity index (χ0n) is 9.55. The summed E-state index contributed by atoms with van der Waals surface area (Å²) in [4.78, 5) is 0. The van der Waals surface area contributed by atoms with Crippen LogP contribution in [-0.2, 0) is 4.74 Å². The minimum atomic E-state index is -0.0611. The molecule has 0 saturated carbocycles. The first-order chi connectivity index (χ1) is 5.97. The van der Waals surface area contributed by atoms with Crippen molar-refractivity contribution < 1.29 is 4.74 Å². The first-order valence-corrected chi connectivity index (χ1v) is 5.23. The Morgan fingerprint density at radius 3 is 2.46 bits per heavy atom. The number of rotatable bonds is 2. The standard InChI is InChI=1S/C12H22O/c1-9-6-7-11(8-10(9)2)12(3,4)13-5/h8-10H,6-7H2,1-5H3. The quantitative estimate of drug-likeness (QED) is 0.595. The molecule has 0 amide bonds. The van der Waals surface area contributed by atoms with Gasteiger partial charge in [0.2, 0.25) is 0 Å². The van der Waals surface area contributed by atoms with E-state index in [9.17, 15) is 0 Å². The summed E-state index contributed by atoms with van der Waals surface area (Å²) in [6.45, 7) is 8.94. The van der Waals surface area contributed by atoms with Crippen LogP contribution in [0, 0.1) is 11.8 Å². The van der Waals surface area contributed by atoms with Crippen molar-refractivity contribution in [2.24, 2.45) is 11.8 Å². The first kappa shape index (κ1) is 10.8. The SMILES string of the molecule is COC(C)(C)C1=CC(C)C(C)CC1. The molecule has 2 unspecified atom stereocenters. The smallest absolute Gasteiger partial charge is 0.0831 e. The topological polar surface area (TPSA) is 9.23 Å². The average molecular weight is 182 g/mol. The molecule has 1 aliphatic rings. The van der Waals surface area contributed by atoms with Gasteiger partial charge in [-0.05, 0) is 44.1 Å². The van der Waals surface area contributed by atoms with Crippen LogP contribution in [0.15, 0.2) is 11.6 Å². The van der Waals surface area contributed by atoms with Gasteiger partial charge in [0.1, 0.15) is 0 Å². The van der Waals surface area contributed by atoms with Gasteiger partial charge in [0.15, 0.2) is 0 Å². The number of ether oxygens (including phenoxy) is 1. The lowest BCUT2D eigenvalue weighted by Crippen LogP contribution is -2.29. The van der Waals surface area contributed by atoms with Crippen LogP contribution in [0.4, 0.5) is 0 Å². The molecule has 0 bridgehead atoms. The lowest BCUT2D eigenvalue weighted by molar-refractivity contribution is 0.0487. The Kier molecular flexibility index (Phi) is 3.18. The summed E-state index contributed by atoms with van der Waals surface area (Å²) in [6.07, 6.45) is 4.91. The molecule has 0 aliphatic heterocycles. The van der Waals surface area contributed by atoms with Crippen molar-refractivity contribution in [1.29, 1.82) is 0 Å². The maximum Gasteiger partial charge on any atom is 0.0831 e. The number of hydrogen-bond acceptors (Lipinski definition) is 1. The highest BCUT2D eigenvalue weighted by atomic mass is 16.5. The van der Waals surface area contributed by atoms with Crippen molar-refractivity contribution in [2.75, 3.05) is 7.11 Å². The van der Waals surface area contributed by atoms with Crippen LogP contribution in [0.2, 0.25) is 0 Å². The second-order valence-electron chi connectivity index (χ2n) is 4.78. The molecule has 76 valence electrons. The summed E-state index contributed by atoms with van der Waals surface area (Å²) in [5, 5.41) is 0. The van der Waals surface area contributed by atoms with E-state index in [0.29, 0.717) is 5.92 Å². The molecule has 0 saturated heterocycles. The van der Waals surface area contributed by atoms with E-state index in [4.69, 9.17) is 4.74 Å². The number of allylic oxidation sites excluding steroid dienone is 1. The highest BCUT2D eigenvalue weighted by Crippen LogP contribution is 2.34. The minimum Gasteiger partial charge on any atom is -0.374 e. The Morgan fingerprint density at radius 1 is 1.38 bits per heavy atom. The lowest BCUT2D eigenvalue weighted by atomic mass is 9.78. The molecule has 0 heterocycles. The second-order valence-corrected chi connectivity index (χ2v) is 4.78. The van der Waals surface area contributed by atoms with Gasteiger partial charge in [-0.15, -0.1) is 0 Å². The molecule has 0 aromatic carbocycles. The lowest BCUT2D eigenvalue weighted by Gasteiger charge is -2.33. The second kappa shape index (κ2) is 3.83. The van der Waals surface area contributed by atoms with Gasteiger partial charge in [0.05, 0.1) is 5.60 Å². The molecule has 0 spiro atoms. The maximum atomic E-state index is 5.49. The summed E-state index contributed by atoms with van der Waals surface area (Å²) < 4.78 is 5.49. The molecule has 0 fully saturated rings. The van der Waals surface area contributed by atoms with Crippen molar-refractivity contribution in [2.45, 2.75) is 46.1 Å². The van der Waals surface area contributed by atoms with Gasteiger partial charge in [-0.3, -0.25) is 0 Å². The summed E-state index contributed by atoms with van der Waals surface area (Å²) in [5.74, 6) is 1.54. The molecule has 0 radical (unpaired) electrons. The first-order valence-electron chi connectivity index (χ1n) is 5.23. The van der Waals surface area contributed by atoms with Gasteiger partial charge in [-0.2, -0.15) is 0 Å². The fourth-order valence-corrected chi connectivity index (χ4v) is 1.84. The predicted molar refractivity (Wildman–Crippen MR) is 56.7 cm³/mol. The van der Waals surface area contributed by atoms with Crippen molar-refractivity contribution in [3.63, 3.8) is 0 Å². The van der Waals surface area contributed by atoms with Crippen molar-refractivity contribution in [3.05, 3.63) is 11.6 Å². The van der Waals surface area contributed by atoms with Gasteiger partial charge >= 0.3 is 0 Å². The Bertz CT molecular complexity index is 203. The third-order valence-corrected chi connectivity index (χ3v) is 3.51. The monoisotopic (exact) mass is 182 g/mol. The van der Waals surface area contributed by atoms with E-state index in [0.717, 1.165) is 5.92 Å². The van der Waals surface area contributed by atoms with Crippen molar-refractivity contribution in [3.8, 4) is 0 Å². The van der Waals surface area contributed by atoms with E-state index in [2.05, 4.69) is 33.8 Å². The molecular weight excluding hydrogens is 160 g/mol. The highest BCUT2D eigenvalue weighted by molar-refractivity contribution is 5.18. The largest absolute Gasteiger partial charge is 0.374 e. The van der Waals surface area contributed by atoms with Crippen LogP contribution >= 0.6 is 0 Å². The van der Waals surface area contributed by atoms with Crippen LogP contribution in [0.25, 0.3) is 0 Å². The van der Waals surface area contributed by atoms with Crippen LogP contribution in [0.5, 0.6) is 0 Å². The molecule has 1 heteroatoms. The third-order valence-electron chi connectivity index (χ3n) is 3.51. The minimum absolute atomic E-state index is 0.0611. The van der Waals surface area contributed by atoms with Gasteiger partial charge in [0, 0.05) is 7.11 Å². The average Bonchev–Trinajstić information content (AvgIpc) is 2.09. The zero-order valence-corrected chi connectivity index (χ0v) is 9.55. The molecule has 1 nitrogen and oxygen atoms in total. The van der Waals surface area contributed by atoms with Crippen LogP contribution in [0.1, 0.15) is 40.5 Å². The molecule has 1 aliphatic carbocycles. The summed E-state index contributed by atoms with van der Waals surface area (Å²) in [6, 6.07) is 0. The Balaban J connectivity index is 2.77. The zero-order chi connectivity index (χ0) is 10.1. The third kappa shape index (κ3) is 2.34. The van der Waals surface area contributed by atoms with E-state index >= 15 is 0 Å². The van der Waals surface area contributed by atoms with Crippen molar-refractivity contribution in [1.82, 2.24) is 0 Å². The number of methoxy groups -OCH3 is 1. The molecule has 0 aromatic heterocycles. The fraction of sp³-hybridized carbons (Fsp3) is 0.833. The Morgan fingerprint density at radius 2 is 2.00 bits per heavy atom. The molecule has 13 heavy (non-hydrogen) atoms. The van der Waals surface area contributed by atoms with E-state index in [1.165, 1.54) is 18.4 Å². The van der Waals surface area contributed by atoms with E-state index in [-0.39, 0.29) is 5.60 Å². The maximum absolute atomic E-state index is 5.49. The highest BCUT2D eigenvalue weighted by Gasteiger charge is 2.27. The predicted octanol–water partition coefficient (Wildman–Crippen LogP) is 3.40. The van der Waals surface area contributed by atoms with E-state index < -0.39 is 0 Å². The molecule has 0 aromatic rings. The molecular formula is C12H22O. The Labute approximate surface area is 82.2 Å². The fourth-order valence-electron chi connectivity index (χ4n) is 1.84. The normalized spacial score (nSPS) is 30.1. The van der Waals surface area contributed by atoms with Gasteiger partial charge < -0.3 is 4.74 Å². The summed E-state index contributed by atoms with van der Waals surface area (Å²) in [7, 11) is 1.80. The van der Waals surface area contributed by atoms with Crippen LogP contribution in [-0.4, -0.2) is 12.7 Å². The van der Waals surface area contributed by atoms with Gasteiger partial charge in [0.25, 0.3) is 0 Å². The van der Waals surface area contributed by atoms with E-state index in [1.54, 1.807) is 7.11 Å². The van der Waals surface area contributed by atoms with Gasteiger partial charge in [-0.25, -0.2) is 0 Å².